The highest BCUT2D eigenvalue weighted by Crippen LogP contribution is 2.09. The van der Waals surface area contributed by atoms with Crippen LogP contribution in [0.15, 0.2) is 59.5 Å². The number of carbonyl (C=O) groups is 2. The summed E-state index contributed by atoms with van der Waals surface area (Å²) in [5, 5.41) is 2.34. The molecule has 0 saturated carbocycles. The Morgan fingerprint density at radius 2 is 1.76 bits per heavy atom. The Morgan fingerprint density at radius 1 is 1.04 bits per heavy atom. The number of esters is 1. The van der Waals surface area contributed by atoms with Gasteiger partial charge in [0.15, 0.2) is 6.61 Å². The van der Waals surface area contributed by atoms with Gasteiger partial charge >= 0.3 is 5.97 Å². The number of amides is 1. The molecule has 0 aliphatic heterocycles. The Labute approximate surface area is 143 Å². The molecule has 2 aromatic carbocycles. The van der Waals surface area contributed by atoms with Crippen molar-refractivity contribution in [3.8, 4) is 0 Å². The van der Waals surface area contributed by atoms with E-state index in [1.54, 1.807) is 18.2 Å². The van der Waals surface area contributed by atoms with Gasteiger partial charge in [-0.3, -0.25) is 9.59 Å². The zero-order chi connectivity index (χ0) is 18.3. The summed E-state index contributed by atoms with van der Waals surface area (Å²) in [6.07, 6.45) is 0. The number of benzene rings is 2. The van der Waals surface area contributed by atoms with Crippen LogP contribution in [0.2, 0.25) is 0 Å². The predicted octanol–water partition coefficient (Wildman–Crippen LogP) is 1.29. The Balaban J connectivity index is 1.78. The number of hydrogen-bond donors (Lipinski definition) is 2. The molecule has 9 heteroatoms. The van der Waals surface area contributed by atoms with Crippen LogP contribution in [0, 0.1) is 5.82 Å². The van der Waals surface area contributed by atoms with Crippen LogP contribution in [-0.4, -0.2) is 33.4 Å². The molecule has 0 aliphatic carbocycles. The van der Waals surface area contributed by atoms with E-state index in [2.05, 4.69) is 14.8 Å². The van der Waals surface area contributed by atoms with Crippen LogP contribution in [-0.2, 0) is 24.3 Å². The summed E-state index contributed by atoms with van der Waals surface area (Å²) < 4.78 is 43.5. The van der Waals surface area contributed by atoms with Crippen molar-refractivity contribution >= 4 is 27.6 Å². The molecular formula is C16H15FN2O5S. The second-order valence-corrected chi connectivity index (χ2v) is 6.62. The third-order valence-electron chi connectivity index (χ3n) is 2.93. The maximum atomic E-state index is 13.0. The summed E-state index contributed by atoms with van der Waals surface area (Å²) in [6, 6.07) is 12.7. The van der Waals surface area contributed by atoms with E-state index in [4.69, 9.17) is 0 Å². The molecule has 0 heterocycles. The lowest BCUT2D eigenvalue weighted by atomic mass is 10.3. The van der Waals surface area contributed by atoms with Gasteiger partial charge in [-0.1, -0.05) is 24.3 Å². The highest BCUT2D eigenvalue weighted by Gasteiger charge is 2.16. The van der Waals surface area contributed by atoms with E-state index in [0.717, 1.165) is 6.07 Å². The van der Waals surface area contributed by atoms with Crippen LogP contribution in [0.3, 0.4) is 0 Å². The first-order valence-corrected chi connectivity index (χ1v) is 8.61. The number of hydrogen-bond acceptors (Lipinski definition) is 5. The summed E-state index contributed by atoms with van der Waals surface area (Å²) in [5.74, 6) is -2.12. The number of ether oxygens (including phenoxy) is 1. The van der Waals surface area contributed by atoms with Crippen LogP contribution < -0.4 is 10.0 Å². The van der Waals surface area contributed by atoms with Crippen LogP contribution in [0.4, 0.5) is 10.1 Å². The maximum Gasteiger partial charge on any atom is 0.321 e. The van der Waals surface area contributed by atoms with E-state index in [0.29, 0.717) is 0 Å². The maximum absolute atomic E-state index is 13.0. The molecule has 0 fully saturated rings. The molecule has 2 rings (SSSR count). The van der Waals surface area contributed by atoms with E-state index in [9.17, 15) is 22.4 Å². The number of rotatable bonds is 7. The van der Waals surface area contributed by atoms with Crippen molar-refractivity contribution in [2.45, 2.75) is 4.90 Å². The fraction of sp³-hybridized carbons (Fsp3) is 0.125. The van der Waals surface area contributed by atoms with Gasteiger partial charge < -0.3 is 10.1 Å². The highest BCUT2D eigenvalue weighted by molar-refractivity contribution is 7.89. The fourth-order valence-corrected chi connectivity index (χ4v) is 2.79. The largest absolute Gasteiger partial charge is 0.455 e. The first-order valence-electron chi connectivity index (χ1n) is 7.12. The second kappa shape index (κ2) is 8.36. The van der Waals surface area contributed by atoms with Gasteiger partial charge in [0.2, 0.25) is 10.0 Å². The SMILES string of the molecule is O=C(COC(=O)CNS(=O)(=O)c1ccccc1)Nc1cccc(F)c1. The van der Waals surface area contributed by atoms with E-state index >= 15 is 0 Å². The normalized spacial score (nSPS) is 10.9. The third-order valence-corrected chi connectivity index (χ3v) is 4.35. The Kier molecular flexibility index (Phi) is 6.20. The topological polar surface area (TPSA) is 102 Å². The molecule has 132 valence electrons. The van der Waals surface area contributed by atoms with E-state index in [1.165, 1.54) is 30.3 Å². The van der Waals surface area contributed by atoms with Crippen molar-refractivity contribution < 1.29 is 27.1 Å². The molecule has 0 saturated heterocycles. The molecule has 1 amide bonds. The molecule has 0 atom stereocenters. The van der Waals surface area contributed by atoms with Crippen molar-refractivity contribution in [2.75, 3.05) is 18.5 Å². The van der Waals surface area contributed by atoms with Gasteiger partial charge in [-0.2, -0.15) is 4.72 Å². The second-order valence-electron chi connectivity index (χ2n) is 4.86. The van der Waals surface area contributed by atoms with Crippen LogP contribution >= 0.6 is 0 Å². The average Bonchev–Trinajstić information content (AvgIpc) is 2.59. The molecule has 0 spiro atoms. The molecule has 2 N–H and O–H groups in total. The van der Waals surface area contributed by atoms with Gasteiger partial charge in [-0.25, -0.2) is 12.8 Å². The van der Waals surface area contributed by atoms with Crippen molar-refractivity contribution in [3.05, 3.63) is 60.4 Å². The lowest BCUT2D eigenvalue weighted by molar-refractivity contribution is -0.146. The number of nitrogens with one attached hydrogen (secondary N) is 2. The molecule has 0 aliphatic rings. The fourth-order valence-electron chi connectivity index (χ4n) is 1.80. The predicted molar refractivity (Wildman–Crippen MR) is 87.6 cm³/mol. The third kappa shape index (κ3) is 5.98. The molecule has 25 heavy (non-hydrogen) atoms. The van der Waals surface area contributed by atoms with Crippen LogP contribution in [0.25, 0.3) is 0 Å². The highest BCUT2D eigenvalue weighted by atomic mass is 32.2. The standard InChI is InChI=1S/C16H15FN2O5S/c17-12-5-4-6-13(9-12)19-15(20)11-24-16(21)10-18-25(22,23)14-7-2-1-3-8-14/h1-9,18H,10-11H2,(H,19,20). The van der Waals surface area contributed by atoms with Crippen LogP contribution in [0.1, 0.15) is 0 Å². The zero-order valence-corrected chi connectivity index (χ0v) is 13.8. The number of sulfonamides is 1. The minimum Gasteiger partial charge on any atom is -0.455 e. The van der Waals surface area contributed by atoms with Gasteiger partial charge in [-0.05, 0) is 30.3 Å². The van der Waals surface area contributed by atoms with Gasteiger partial charge in [0.25, 0.3) is 5.91 Å². The van der Waals surface area contributed by atoms with Crippen molar-refractivity contribution in [1.29, 1.82) is 0 Å². The number of anilines is 1. The Bertz CT molecular complexity index is 856. The van der Waals surface area contributed by atoms with Crippen molar-refractivity contribution in [3.63, 3.8) is 0 Å². The molecule has 0 bridgehead atoms. The molecule has 0 unspecified atom stereocenters. The molecular weight excluding hydrogens is 351 g/mol. The van der Waals surface area contributed by atoms with E-state index in [1.807, 2.05) is 0 Å². The Hall–Kier alpha value is -2.78. The minimum atomic E-state index is -3.84. The van der Waals surface area contributed by atoms with Gasteiger partial charge in [0.05, 0.1) is 4.90 Å². The summed E-state index contributed by atoms with van der Waals surface area (Å²) in [7, 11) is -3.84. The summed E-state index contributed by atoms with van der Waals surface area (Å²) in [4.78, 5) is 23.2. The lowest BCUT2D eigenvalue weighted by Gasteiger charge is -2.08. The van der Waals surface area contributed by atoms with Crippen molar-refractivity contribution in [1.82, 2.24) is 4.72 Å². The van der Waals surface area contributed by atoms with Gasteiger partial charge in [0.1, 0.15) is 12.4 Å². The molecule has 2 aromatic rings. The van der Waals surface area contributed by atoms with Crippen LogP contribution in [0.5, 0.6) is 0 Å². The summed E-state index contributed by atoms with van der Waals surface area (Å²) in [6.45, 7) is -1.24. The van der Waals surface area contributed by atoms with E-state index < -0.39 is 40.9 Å². The molecule has 0 radical (unpaired) electrons. The number of carbonyl (C=O) groups excluding carboxylic acids is 2. The smallest absolute Gasteiger partial charge is 0.321 e. The van der Waals surface area contributed by atoms with E-state index in [-0.39, 0.29) is 10.6 Å². The monoisotopic (exact) mass is 366 g/mol. The first-order chi connectivity index (χ1) is 11.9. The summed E-state index contributed by atoms with van der Waals surface area (Å²) in [5.41, 5.74) is 0.214. The molecule has 0 aromatic heterocycles. The quantitative estimate of drug-likeness (QED) is 0.719. The van der Waals surface area contributed by atoms with Gasteiger partial charge in [-0.15, -0.1) is 0 Å². The summed E-state index contributed by atoms with van der Waals surface area (Å²) >= 11 is 0. The number of halogens is 1. The van der Waals surface area contributed by atoms with Crippen molar-refractivity contribution in [2.24, 2.45) is 0 Å². The lowest BCUT2D eigenvalue weighted by Crippen LogP contribution is -2.32. The first kappa shape index (κ1) is 18.6. The average molecular weight is 366 g/mol. The Morgan fingerprint density at radius 3 is 2.44 bits per heavy atom. The minimum absolute atomic E-state index is 0.00615. The van der Waals surface area contributed by atoms with Gasteiger partial charge in [0, 0.05) is 5.69 Å². The molecule has 7 nitrogen and oxygen atoms in total. The zero-order valence-electron chi connectivity index (χ0n) is 12.9.